The summed E-state index contributed by atoms with van der Waals surface area (Å²) in [5.41, 5.74) is 1.19. The molecule has 0 spiro atoms. The van der Waals surface area contributed by atoms with Crippen LogP contribution in [0.25, 0.3) is 0 Å². The summed E-state index contributed by atoms with van der Waals surface area (Å²) in [6.07, 6.45) is 0.396. The molecule has 1 atom stereocenters. The van der Waals surface area contributed by atoms with Crippen molar-refractivity contribution in [3.05, 3.63) is 30.9 Å². The molecule has 0 fully saturated rings. The molecule has 0 aromatic heterocycles. The zero-order valence-electron chi connectivity index (χ0n) is 10.2. The average Bonchev–Trinajstić information content (AvgIpc) is 2.39. The minimum atomic E-state index is -0.510. The lowest BCUT2D eigenvalue weighted by molar-refractivity contribution is 0.176. The van der Waals surface area contributed by atoms with Crippen molar-refractivity contribution in [2.45, 2.75) is 12.5 Å². The Labute approximate surface area is 138 Å². The fourth-order valence-corrected chi connectivity index (χ4v) is 3.78. The van der Waals surface area contributed by atoms with Crippen LogP contribution in [0, 0.1) is 7.14 Å². The Hall–Kier alpha value is -0.580. The molecule has 5 nitrogen and oxygen atoms in total. The van der Waals surface area contributed by atoms with Gasteiger partial charge in [0.25, 0.3) is 0 Å². The molecule has 2 rings (SSSR count). The molecule has 19 heavy (non-hydrogen) atoms. The van der Waals surface area contributed by atoms with Gasteiger partial charge in [-0.25, -0.2) is 9.79 Å². The van der Waals surface area contributed by atoms with Crippen LogP contribution in [0.3, 0.4) is 0 Å². The minimum absolute atomic E-state index is 0.0670. The van der Waals surface area contributed by atoms with E-state index in [2.05, 4.69) is 83.7 Å². The first kappa shape index (κ1) is 14.8. The van der Waals surface area contributed by atoms with Crippen LogP contribution in [-0.2, 0) is 4.74 Å². The molecule has 0 bridgehead atoms. The maximum absolute atomic E-state index is 11.2. The molecule has 0 saturated carbocycles. The van der Waals surface area contributed by atoms with Crippen molar-refractivity contribution in [3.63, 3.8) is 0 Å². The van der Waals surface area contributed by atoms with Gasteiger partial charge >= 0.3 is 6.09 Å². The minimum Gasteiger partial charge on any atom is -0.453 e. The van der Waals surface area contributed by atoms with Gasteiger partial charge in [0, 0.05) is 13.7 Å². The van der Waals surface area contributed by atoms with Crippen molar-refractivity contribution < 1.29 is 9.53 Å². The van der Waals surface area contributed by atoms with Gasteiger partial charge in [-0.2, -0.15) is 0 Å². The van der Waals surface area contributed by atoms with Crippen LogP contribution in [0.2, 0.25) is 0 Å². The van der Waals surface area contributed by atoms with Crippen LogP contribution in [0.4, 0.5) is 4.79 Å². The van der Waals surface area contributed by atoms with E-state index in [1.165, 1.54) is 19.8 Å². The molecule has 1 aliphatic heterocycles. The van der Waals surface area contributed by atoms with Crippen molar-refractivity contribution in [3.8, 4) is 0 Å². The van der Waals surface area contributed by atoms with Gasteiger partial charge < -0.3 is 10.1 Å². The largest absolute Gasteiger partial charge is 0.453 e. The first-order valence-corrected chi connectivity index (χ1v) is 7.87. The molecule has 0 radical (unpaired) electrons. The Balaban J connectivity index is 2.20. The Morgan fingerprint density at radius 3 is 3.00 bits per heavy atom. The highest BCUT2D eigenvalue weighted by Crippen LogP contribution is 2.28. The zero-order valence-corrected chi connectivity index (χ0v) is 14.6. The number of carbonyl (C=O) groups excluding carboxylic acids is 1. The lowest BCUT2D eigenvalue weighted by Crippen LogP contribution is -2.44. The normalized spacial score (nSPS) is 18.3. The van der Waals surface area contributed by atoms with Crippen molar-refractivity contribution in [1.82, 2.24) is 10.6 Å². The molecule has 2 N–H and O–H groups in total. The highest BCUT2D eigenvalue weighted by molar-refractivity contribution is 14.1. The molecule has 102 valence electrons. The van der Waals surface area contributed by atoms with Crippen LogP contribution >= 0.6 is 45.2 Å². The number of nitrogens with one attached hydrogen (secondary N) is 2. The van der Waals surface area contributed by atoms with E-state index in [0.717, 1.165) is 13.0 Å². The smallest absolute Gasteiger partial charge is 0.413 e. The summed E-state index contributed by atoms with van der Waals surface area (Å²) in [5.74, 6) is 0.470. The molecule has 7 heteroatoms. The van der Waals surface area contributed by atoms with Crippen LogP contribution < -0.4 is 10.6 Å². The van der Waals surface area contributed by atoms with E-state index in [0.29, 0.717) is 5.96 Å². The van der Waals surface area contributed by atoms with Gasteiger partial charge in [0.2, 0.25) is 5.96 Å². The maximum atomic E-state index is 11.2. The van der Waals surface area contributed by atoms with Gasteiger partial charge in [0.1, 0.15) is 0 Å². The highest BCUT2D eigenvalue weighted by Gasteiger charge is 2.19. The maximum Gasteiger partial charge on any atom is 0.413 e. The summed E-state index contributed by atoms with van der Waals surface area (Å²) in [6.45, 7) is 0.773. The predicted octanol–water partition coefficient (Wildman–Crippen LogP) is 2.64. The second kappa shape index (κ2) is 6.73. The summed E-state index contributed by atoms with van der Waals surface area (Å²) in [6, 6.07) is 6.36. The average molecular weight is 485 g/mol. The molecule has 1 amide bonds. The number of carbonyl (C=O) groups is 1. The molecular weight excluding hydrogens is 472 g/mol. The van der Waals surface area contributed by atoms with E-state index in [4.69, 9.17) is 0 Å². The molecule has 1 heterocycles. The first-order valence-electron chi connectivity index (χ1n) is 5.71. The van der Waals surface area contributed by atoms with E-state index in [1.807, 2.05) is 0 Å². The summed E-state index contributed by atoms with van der Waals surface area (Å²) in [4.78, 5) is 15.7. The summed E-state index contributed by atoms with van der Waals surface area (Å²) < 4.78 is 6.96. The fourth-order valence-electron chi connectivity index (χ4n) is 1.81. The van der Waals surface area contributed by atoms with Gasteiger partial charge in [-0.1, -0.05) is 6.07 Å². The zero-order chi connectivity index (χ0) is 13.8. The predicted molar refractivity (Wildman–Crippen MR) is 90.2 cm³/mol. The number of aliphatic imine (C=N–C) groups is 1. The molecule has 0 saturated heterocycles. The number of amides is 1. The third-order valence-corrected chi connectivity index (χ3v) is 4.33. The molecule has 0 aliphatic carbocycles. The Kier molecular flexibility index (Phi) is 5.25. The van der Waals surface area contributed by atoms with E-state index >= 15 is 0 Å². The number of alkyl carbamates (subject to hydrolysis) is 1. The standard InChI is InChI=1S/C12H13I2N3O2/c1-19-12(18)17-11-15-5-4-10(16-11)8-3-2-7(13)6-9(8)14/h2-3,6,10H,4-5H2,1H3,(H2,15,16,17,18). The molecule has 1 unspecified atom stereocenters. The topological polar surface area (TPSA) is 62.7 Å². The SMILES string of the molecule is COC(=O)NC1=NC(c2ccc(I)cc2I)CCN1. The van der Waals surface area contributed by atoms with Crippen molar-refractivity contribution in [2.75, 3.05) is 13.7 Å². The molecule has 1 aliphatic rings. The number of rotatable bonds is 1. The van der Waals surface area contributed by atoms with Crippen molar-refractivity contribution in [1.29, 1.82) is 0 Å². The molecule has 1 aromatic rings. The van der Waals surface area contributed by atoms with E-state index in [9.17, 15) is 4.79 Å². The van der Waals surface area contributed by atoms with Crippen molar-refractivity contribution in [2.24, 2.45) is 4.99 Å². The summed E-state index contributed by atoms with van der Waals surface area (Å²) in [7, 11) is 1.33. The number of hydrogen-bond donors (Lipinski definition) is 2. The van der Waals surface area contributed by atoms with E-state index in [1.54, 1.807) is 0 Å². The highest BCUT2D eigenvalue weighted by atomic mass is 127. The van der Waals surface area contributed by atoms with Crippen LogP contribution in [0.1, 0.15) is 18.0 Å². The Morgan fingerprint density at radius 1 is 1.53 bits per heavy atom. The monoisotopic (exact) mass is 485 g/mol. The summed E-state index contributed by atoms with van der Waals surface area (Å²) >= 11 is 4.61. The number of ether oxygens (including phenoxy) is 1. The van der Waals surface area contributed by atoms with Gasteiger partial charge in [0.15, 0.2) is 0 Å². The van der Waals surface area contributed by atoms with Crippen LogP contribution in [0.15, 0.2) is 23.2 Å². The number of halogens is 2. The second-order valence-corrected chi connectivity index (χ2v) is 6.40. The molecular formula is C12H13I2N3O2. The lowest BCUT2D eigenvalue weighted by atomic mass is 10.0. The van der Waals surface area contributed by atoms with E-state index in [-0.39, 0.29) is 6.04 Å². The summed E-state index contributed by atoms with van der Waals surface area (Å²) in [5, 5.41) is 5.62. The van der Waals surface area contributed by atoms with Gasteiger partial charge in [-0.3, -0.25) is 5.32 Å². The Bertz CT molecular complexity index is 520. The number of hydrogen-bond acceptors (Lipinski definition) is 4. The number of benzene rings is 1. The van der Waals surface area contributed by atoms with Crippen LogP contribution in [-0.4, -0.2) is 25.7 Å². The number of methoxy groups -OCH3 is 1. The van der Waals surface area contributed by atoms with Crippen molar-refractivity contribution >= 4 is 57.2 Å². The number of guanidine groups is 1. The van der Waals surface area contributed by atoms with Gasteiger partial charge in [0.05, 0.1) is 13.2 Å². The third kappa shape index (κ3) is 3.94. The first-order chi connectivity index (χ1) is 9.10. The Morgan fingerprint density at radius 2 is 2.32 bits per heavy atom. The lowest BCUT2D eigenvalue weighted by Gasteiger charge is -2.23. The molecule has 1 aromatic carbocycles. The van der Waals surface area contributed by atoms with Crippen LogP contribution in [0.5, 0.6) is 0 Å². The number of nitrogens with zero attached hydrogens (tertiary/aromatic N) is 1. The fraction of sp³-hybridized carbons (Fsp3) is 0.333. The van der Waals surface area contributed by atoms with Gasteiger partial charge in [-0.05, 0) is 69.3 Å². The second-order valence-electron chi connectivity index (χ2n) is 3.99. The quantitative estimate of drug-likeness (QED) is 0.602. The van der Waals surface area contributed by atoms with Gasteiger partial charge in [-0.15, -0.1) is 0 Å². The third-order valence-electron chi connectivity index (χ3n) is 2.72. The van der Waals surface area contributed by atoms with E-state index < -0.39 is 6.09 Å².